The van der Waals surface area contributed by atoms with Gasteiger partial charge < -0.3 is 5.32 Å². The van der Waals surface area contributed by atoms with Crippen LogP contribution in [0, 0.1) is 0 Å². The molecule has 2 aromatic carbocycles. The molecule has 3 rings (SSSR count). The van der Waals surface area contributed by atoms with Gasteiger partial charge in [-0.25, -0.2) is 0 Å². The minimum atomic E-state index is -0.365. The van der Waals surface area contributed by atoms with E-state index in [1.165, 1.54) is 0 Å². The Morgan fingerprint density at radius 2 is 1.76 bits per heavy atom. The molecule has 4 nitrogen and oxygen atoms in total. The number of Topliss-reactive ketones (excluding diaryl/α,β-unsaturated/α-hetero) is 1. The lowest BCUT2D eigenvalue weighted by molar-refractivity contribution is -0.124. The fourth-order valence-corrected chi connectivity index (χ4v) is 4.17. The molecule has 0 spiro atoms. The second-order valence-electron chi connectivity index (χ2n) is 8.26. The SMILES string of the molecule is CCC(C)NC(=O)c1cccc(CN2CCC(C(C)=O)(c3ccccc3)CC2)c1. The quantitative estimate of drug-likeness (QED) is 0.763. The number of hydrogen-bond donors (Lipinski definition) is 1. The van der Waals surface area contributed by atoms with Crippen molar-refractivity contribution in [1.29, 1.82) is 0 Å². The highest BCUT2D eigenvalue weighted by molar-refractivity contribution is 5.94. The molecular formula is C25H32N2O2. The van der Waals surface area contributed by atoms with E-state index in [1.54, 1.807) is 6.92 Å². The molecule has 1 fully saturated rings. The van der Waals surface area contributed by atoms with Crippen LogP contribution in [-0.2, 0) is 16.8 Å². The average molecular weight is 393 g/mol. The minimum Gasteiger partial charge on any atom is -0.350 e. The fraction of sp³-hybridized carbons (Fsp3) is 0.440. The maximum absolute atomic E-state index is 12.6. The number of hydrogen-bond acceptors (Lipinski definition) is 3. The number of nitrogens with zero attached hydrogens (tertiary/aromatic N) is 1. The third-order valence-electron chi connectivity index (χ3n) is 6.30. The summed E-state index contributed by atoms with van der Waals surface area (Å²) in [5.41, 5.74) is 2.62. The topological polar surface area (TPSA) is 49.4 Å². The van der Waals surface area contributed by atoms with E-state index in [0.717, 1.165) is 50.0 Å². The first-order valence-corrected chi connectivity index (χ1v) is 10.6. The number of carbonyl (C=O) groups excluding carboxylic acids is 2. The van der Waals surface area contributed by atoms with Crippen LogP contribution < -0.4 is 5.32 Å². The van der Waals surface area contributed by atoms with Crippen molar-refractivity contribution in [2.75, 3.05) is 13.1 Å². The Labute approximate surface area is 174 Å². The van der Waals surface area contributed by atoms with Gasteiger partial charge in [-0.05, 0) is 69.5 Å². The molecule has 0 aromatic heterocycles. The van der Waals surface area contributed by atoms with Crippen molar-refractivity contribution in [3.05, 3.63) is 71.3 Å². The van der Waals surface area contributed by atoms with Crippen LogP contribution in [0.1, 0.15) is 61.5 Å². The van der Waals surface area contributed by atoms with E-state index >= 15 is 0 Å². The molecule has 2 aromatic rings. The Morgan fingerprint density at radius 3 is 2.38 bits per heavy atom. The van der Waals surface area contributed by atoms with Crippen LogP contribution in [0.15, 0.2) is 54.6 Å². The molecule has 0 saturated carbocycles. The molecule has 4 heteroatoms. The van der Waals surface area contributed by atoms with E-state index in [2.05, 4.69) is 35.3 Å². The average Bonchev–Trinajstić information content (AvgIpc) is 2.75. The van der Waals surface area contributed by atoms with E-state index in [1.807, 2.05) is 43.3 Å². The zero-order valence-corrected chi connectivity index (χ0v) is 17.8. The van der Waals surface area contributed by atoms with Crippen LogP contribution in [-0.4, -0.2) is 35.7 Å². The molecule has 29 heavy (non-hydrogen) atoms. The van der Waals surface area contributed by atoms with Crippen molar-refractivity contribution < 1.29 is 9.59 Å². The number of nitrogens with one attached hydrogen (secondary N) is 1. The molecule has 0 aliphatic carbocycles. The molecule has 0 radical (unpaired) electrons. The molecular weight excluding hydrogens is 360 g/mol. The van der Waals surface area contributed by atoms with Crippen molar-refractivity contribution in [1.82, 2.24) is 10.2 Å². The lowest BCUT2D eigenvalue weighted by atomic mass is 9.70. The fourth-order valence-electron chi connectivity index (χ4n) is 4.17. The first kappa shape index (κ1) is 21.3. The summed E-state index contributed by atoms with van der Waals surface area (Å²) < 4.78 is 0. The summed E-state index contributed by atoms with van der Waals surface area (Å²) in [6.45, 7) is 8.35. The highest BCUT2D eigenvalue weighted by atomic mass is 16.1. The highest BCUT2D eigenvalue weighted by Crippen LogP contribution is 2.36. The van der Waals surface area contributed by atoms with E-state index < -0.39 is 0 Å². The second-order valence-corrected chi connectivity index (χ2v) is 8.26. The van der Waals surface area contributed by atoms with Gasteiger partial charge in [0.25, 0.3) is 5.91 Å². The zero-order chi connectivity index (χ0) is 20.9. The summed E-state index contributed by atoms with van der Waals surface area (Å²) in [5.74, 6) is 0.242. The Bertz CT molecular complexity index is 839. The van der Waals surface area contributed by atoms with Crippen LogP contribution >= 0.6 is 0 Å². The van der Waals surface area contributed by atoms with Gasteiger partial charge in [0.2, 0.25) is 0 Å². The van der Waals surface area contributed by atoms with Crippen molar-refractivity contribution >= 4 is 11.7 Å². The number of ketones is 1. The summed E-state index contributed by atoms with van der Waals surface area (Å²) in [6, 6.07) is 18.2. The monoisotopic (exact) mass is 392 g/mol. The van der Waals surface area contributed by atoms with Gasteiger partial charge in [0, 0.05) is 18.2 Å². The number of carbonyl (C=O) groups is 2. The third-order valence-corrected chi connectivity index (χ3v) is 6.30. The predicted octanol–water partition coefficient (Wildman–Crippen LogP) is 4.34. The zero-order valence-electron chi connectivity index (χ0n) is 17.8. The van der Waals surface area contributed by atoms with Crippen LogP contribution in [0.4, 0.5) is 0 Å². The number of amides is 1. The van der Waals surface area contributed by atoms with E-state index in [9.17, 15) is 9.59 Å². The number of rotatable bonds is 7. The number of likely N-dealkylation sites (tertiary alicyclic amines) is 1. The molecule has 1 aliphatic heterocycles. The van der Waals surface area contributed by atoms with Gasteiger partial charge in [0.05, 0.1) is 5.41 Å². The van der Waals surface area contributed by atoms with Gasteiger partial charge >= 0.3 is 0 Å². The van der Waals surface area contributed by atoms with Gasteiger partial charge in [-0.1, -0.05) is 49.4 Å². The van der Waals surface area contributed by atoms with Gasteiger partial charge in [-0.15, -0.1) is 0 Å². The van der Waals surface area contributed by atoms with Crippen LogP contribution in [0.2, 0.25) is 0 Å². The summed E-state index contributed by atoms with van der Waals surface area (Å²) in [6.07, 6.45) is 2.58. The summed E-state index contributed by atoms with van der Waals surface area (Å²) >= 11 is 0. The van der Waals surface area contributed by atoms with Crippen LogP contribution in [0.5, 0.6) is 0 Å². The first-order valence-electron chi connectivity index (χ1n) is 10.6. The number of piperidine rings is 1. The smallest absolute Gasteiger partial charge is 0.251 e. The Morgan fingerprint density at radius 1 is 1.07 bits per heavy atom. The molecule has 0 bridgehead atoms. The van der Waals surface area contributed by atoms with Gasteiger partial charge in [0.15, 0.2) is 0 Å². The highest BCUT2D eigenvalue weighted by Gasteiger charge is 2.40. The van der Waals surface area contributed by atoms with E-state index in [0.29, 0.717) is 5.56 Å². The maximum Gasteiger partial charge on any atom is 0.251 e. The third kappa shape index (κ3) is 4.94. The van der Waals surface area contributed by atoms with Crippen molar-refractivity contribution in [2.45, 2.75) is 58.0 Å². The Balaban J connectivity index is 1.66. The van der Waals surface area contributed by atoms with Gasteiger partial charge in [0.1, 0.15) is 5.78 Å². The molecule has 154 valence electrons. The summed E-state index contributed by atoms with van der Waals surface area (Å²) in [4.78, 5) is 27.4. The molecule has 1 N–H and O–H groups in total. The second kappa shape index (κ2) is 9.36. The number of benzene rings is 2. The Kier molecular flexibility index (Phi) is 6.86. The van der Waals surface area contributed by atoms with Gasteiger partial charge in [-0.2, -0.15) is 0 Å². The molecule has 1 atom stereocenters. The maximum atomic E-state index is 12.6. The predicted molar refractivity (Wildman–Crippen MR) is 117 cm³/mol. The van der Waals surface area contributed by atoms with E-state index in [-0.39, 0.29) is 23.1 Å². The van der Waals surface area contributed by atoms with Crippen molar-refractivity contribution in [2.24, 2.45) is 0 Å². The van der Waals surface area contributed by atoms with Crippen LogP contribution in [0.3, 0.4) is 0 Å². The molecule has 1 amide bonds. The van der Waals surface area contributed by atoms with Crippen molar-refractivity contribution in [3.8, 4) is 0 Å². The summed E-state index contributed by atoms with van der Waals surface area (Å²) in [5, 5.41) is 3.03. The van der Waals surface area contributed by atoms with E-state index in [4.69, 9.17) is 0 Å². The lowest BCUT2D eigenvalue weighted by Crippen LogP contribution is -2.46. The normalized spacial score (nSPS) is 17.5. The first-order chi connectivity index (χ1) is 13.9. The lowest BCUT2D eigenvalue weighted by Gasteiger charge is -2.40. The Hall–Kier alpha value is -2.46. The largest absolute Gasteiger partial charge is 0.350 e. The molecule has 1 unspecified atom stereocenters. The molecule has 1 heterocycles. The molecule has 1 aliphatic rings. The minimum absolute atomic E-state index is 0.0143. The summed E-state index contributed by atoms with van der Waals surface area (Å²) in [7, 11) is 0. The van der Waals surface area contributed by atoms with Crippen LogP contribution in [0.25, 0.3) is 0 Å². The molecule has 1 saturated heterocycles. The standard InChI is InChI=1S/C25H32N2O2/c1-4-19(2)26-24(29)22-10-8-9-21(17-22)18-27-15-13-25(14-16-27,20(3)28)23-11-6-5-7-12-23/h5-12,17,19H,4,13-16,18H2,1-3H3,(H,26,29). The van der Waals surface area contributed by atoms with Crippen molar-refractivity contribution in [3.63, 3.8) is 0 Å². The van der Waals surface area contributed by atoms with Gasteiger partial charge in [-0.3, -0.25) is 14.5 Å².